The summed E-state index contributed by atoms with van der Waals surface area (Å²) in [6.45, 7) is 5.70. The van der Waals surface area contributed by atoms with Gasteiger partial charge in [-0.05, 0) is 50.6 Å². The van der Waals surface area contributed by atoms with Crippen molar-refractivity contribution >= 4 is 17.5 Å². The quantitative estimate of drug-likeness (QED) is 0.878. The van der Waals surface area contributed by atoms with E-state index in [1.807, 2.05) is 25.1 Å². The molecule has 0 saturated carbocycles. The molecule has 0 spiro atoms. The van der Waals surface area contributed by atoms with Crippen LogP contribution < -0.4 is 15.0 Å². The number of likely N-dealkylation sites (tertiary alicyclic amines) is 1. The number of carbonyl (C=O) groups is 2. The minimum Gasteiger partial charge on any atom is -0.482 e. The number of aryl methyl sites for hydroxylation is 1. The molecule has 0 aromatic heterocycles. The summed E-state index contributed by atoms with van der Waals surface area (Å²) < 4.78 is 5.42. The van der Waals surface area contributed by atoms with E-state index in [4.69, 9.17) is 4.74 Å². The van der Waals surface area contributed by atoms with Gasteiger partial charge in [-0.15, -0.1) is 0 Å². The first kappa shape index (κ1) is 15.8. The predicted octanol–water partition coefficient (Wildman–Crippen LogP) is 0.932. The van der Waals surface area contributed by atoms with E-state index in [-0.39, 0.29) is 25.0 Å². The number of fused-ring (bicyclic) bond motifs is 1. The standard InChI is InChI=1S/C17H23N3O3/c1-13-4-5-15-14(10-13)20(17(22)12-23-15)11-16(21)18-6-9-19-7-2-3-8-19/h4-5,10H,2-3,6-9,11-12H2,1H3,(H,18,21). The Labute approximate surface area is 136 Å². The third-order valence-corrected chi connectivity index (χ3v) is 4.31. The number of amides is 2. The van der Waals surface area contributed by atoms with Crippen molar-refractivity contribution in [3.05, 3.63) is 23.8 Å². The Bertz CT molecular complexity index is 597. The van der Waals surface area contributed by atoms with Gasteiger partial charge < -0.3 is 15.0 Å². The van der Waals surface area contributed by atoms with E-state index >= 15 is 0 Å². The zero-order valence-electron chi connectivity index (χ0n) is 13.5. The molecule has 1 saturated heterocycles. The van der Waals surface area contributed by atoms with Crippen molar-refractivity contribution in [1.29, 1.82) is 0 Å². The van der Waals surface area contributed by atoms with E-state index in [0.29, 0.717) is 18.0 Å². The van der Waals surface area contributed by atoms with Gasteiger partial charge in [-0.3, -0.25) is 14.5 Å². The molecule has 1 N–H and O–H groups in total. The molecule has 2 amide bonds. The second kappa shape index (κ2) is 7.00. The maximum Gasteiger partial charge on any atom is 0.265 e. The number of rotatable bonds is 5. The zero-order valence-corrected chi connectivity index (χ0v) is 13.5. The van der Waals surface area contributed by atoms with Gasteiger partial charge in [0.25, 0.3) is 5.91 Å². The van der Waals surface area contributed by atoms with E-state index in [0.717, 1.165) is 25.2 Å². The van der Waals surface area contributed by atoms with Crippen LogP contribution in [0.2, 0.25) is 0 Å². The predicted molar refractivity (Wildman–Crippen MR) is 87.7 cm³/mol. The van der Waals surface area contributed by atoms with Crippen LogP contribution in [-0.4, -0.2) is 56.0 Å². The average molecular weight is 317 g/mol. The third-order valence-electron chi connectivity index (χ3n) is 4.31. The molecule has 2 heterocycles. The normalized spacial score (nSPS) is 17.8. The number of hydrogen-bond donors (Lipinski definition) is 1. The van der Waals surface area contributed by atoms with Gasteiger partial charge in [0.15, 0.2) is 6.61 Å². The summed E-state index contributed by atoms with van der Waals surface area (Å²) in [7, 11) is 0. The molecule has 3 rings (SSSR count). The fourth-order valence-corrected chi connectivity index (χ4v) is 3.04. The SMILES string of the molecule is Cc1ccc2c(c1)N(CC(=O)NCCN1CCCC1)C(=O)CO2. The van der Waals surface area contributed by atoms with Crippen molar-refractivity contribution in [2.75, 3.05) is 44.2 Å². The highest BCUT2D eigenvalue weighted by atomic mass is 16.5. The number of hydrogen-bond acceptors (Lipinski definition) is 4. The second-order valence-electron chi connectivity index (χ2n) is 6.14. The molecule has 2 aliphatic rings. The number of anilines is 1. The van der Waals surface area contributed by atoms with Crippen LogP contribution in [-0.2, 0) is 9.59 Å². The lowest BCUT2D eigenvalue weighted by Gasteiger charge is -2.29. The van der Waals surface area contributed by atoms with Crippen molar-refractivity contribution in [1.82, 2.24) is 10.2 Å². The average Bonchev–Trinajstić information content (AvgIpc) is 3.04. The maximum absolute atomic E-state index is 12.2. The van der Waals surface area contributed by atoms with Crippen molar-refractivity contribution in [3.8, 4) is 5.75 Å². The molecule has 1 fully saturated rings. The highest BCUT2D eigenvalue weighted by Gasteiger charge is 2.27. The topological polar surface area (TPSA) is 61.9 Å². The molecular weight excluding hydrogens is 294 g/mol. The summed E-state index contributed by atoms with van der Waals surface area (Å²) in [4.78, 5) is 28.1. The second-order valence-corrected chi connectivity index (χ2v) is 6.14. The van der Waals surface area contributed by atoms with Gasteiger partial charge in [-0.25, -0.2) is 0 Å². The number of benzene rings is 1. The Balaban J connectivity index is 1.57. The van der Waals surface area contributed by atoms with Crippen LogP contribution in [0.4, 0.5) is 5.69 Å². The Morgan fingerprint density at radius 2 is 2.09 bits per heavy atom. The minimum atomic E-state index is -0.183. The van der Waals surface area contributed by atoms with Gasteiger partial charge in [-0.1, -0.05) is 6.07 Å². The highest BCUT2D eigenvalue weighted by Crippen LogP contribution is 2.32. The molecule has 0 aliphatic carbocycles. The van der Waals surface area contributed by atoms with Crippen LogP contribution in [0, 0.1) is 6.92 Å². The van der Waals surface area contributed by atoms with Crippen LogP contribution in [0.15, 0.2) is 18.2 Å². The lowest BCUT2D eigenvalue weighted by atomic mass is 10.1. The van der Waals surface area contributed by atoms with Gasteiger partial charge in [0.2, 0.25) is 5.91 Å². The van der Waals surface area contributed by atoms with Gasteiger partial charge in [0.1, 0.15) is 12.3 Å². The first-order chi connectivity index (χ1) is 11.1. The molecule has 2 aliphatic heterocycles. The summed E-state index contributed by atoms with van der Waals surface area (Å²) >= 11 is 0. The number of carbonyl (C=O) groups excluding carboxylic acids is 2. The molecule has 0 unspecified atom stereocenters. The van der Waals surface area contributed by atoms with Crippen LogP contribution in [0.5, 0.6) is 5.75 Å². The lowest BCUT2D eigenvalue weighted by Crippen LogP contribution is -2.46. The Morgan fingerprint density at radius 1 is 1.30 bits per heavy atom. The Morgan fingerprint density at radius 3 is 2.87 bits per heavy atom. The highest BCUT2D eigenvalue weighted by molar-refractivity contribution is 6.02. The summed E-state index contributed by atoms with van der Waals surface area (Å²) in [6.07, 6.45) is 2.48. The molecule has 1 aromatic rings. The molecule has 6 heteroatoms. The zero-order chi connectivity index (χ0) is 16.2. The fraction of sp³-hybridized carbons (Fsp3) is 0.529. The van der Waals surface area contributed by atoms with Gasteiger partial charge in [0.05, 0.1) is 5.69 Å². The fourth-order valence-electron chi connectivity index (χ4n) is 3.04. The van der Waals surface area contributed by atoms with Crippen molar-refractivity contribution in [2.45, 2.75) is 19.8 Å². The largest absolute Gasteiger partial charge is 0.482 e. The van der Waals surface area contributed by atoms with Crippen LogP contribution in [0.25, 0.3) is 0 Å². The number of nitrogens with one attached hydrogen (secondary N) is 1. The van der Waals surface area contributed by atoms with Crippen molar-refractivity contribution in [2.24, 2.45) is 0 Å². The Kier molecular flexibility index (Phi) is 4.81. The van der Waals surface area contributed by atoms with Crippen molar-refractivity contribution < 1.29 is 14.3 Å². The Hall–Kier alpha value is -2.08. The first-order valence-electron chi connectivity index (χ1n) is 8.16. The first-order valence-corrected chi connectivity index (χ1v) is 8.16. The smallest absolute Gasteiger partial charge is 0.265 e. The minimum absolute atomic E-state index is 0.0167. The molecule has 6 nitrogen and oxygen atoms in total. The molecular formula is C17H23N3O3. The van der Waals surface area contributed by atoms with Gasteiger partial charge in [-0.2, -0.15) is 0 Å². The third kappa shape index (κ3) is 3.82. The summed E-state index contributed by atoms with van der Waals surface area (Å²) in [5.74, 6) is 0.338. The molecule has 0 atom stereocenters. The van der Waals surface area contributed by atoms with E-state index in [9.17, 15) is 9.59 Å². The van der Waals surface area contributed by atoms with Crippen LogP contribution in [0.3, 0.4) is 0 Å². The van der Waals surface area contributed by atoms with Crippen LogP contribution >= 0.6 is 0 Å². The summed E-state index contributed by atoms with van der Waals surface area (Å²) in [5, 5.41) is 2.91. The van der Waals surface area contributed by atoms with E-state index in [2.05, 4.69) is 10.2 Å². The molecule has 1 aromatic carbocycles. The molecule has 0 bridgehead atoms. The van der Waals surface area contributed by atoms with E-state index in [1.165, 1.54) is 17.7 Å². The number of nitrogens with zero attached hydrogens (tertiary/aromatic N) is 2. The molecule has 23 heavy (non-hydrogen) atoms. The van der Waals surface area contributed by atoms with E-state index in [1.54, 1.807) is 0 Å². The summed E-state index contributed by atoms with van der Waals surface area (Å²) in [6, 6.07) is 5.65. The lowest BCUT2D eigenvalue weighted by molar-refractivity contribution is -0.125. The van der Waals surface area contributed by atoms with Crippen molar-refractivity contribution in [3.63, 3.8) is 0 Å². The maximum atomic E-state index is 12.2. The van der Waals surface area contributed by atoms with Gasteiger partial charge in [0, 0.05) is 13.1 Å². The van der Waals surface area contributed by atoms with Gasteiger partial charge >= 0.3 is 0 Å². The summed E-state index contributed by atoms with van der Waals surface area (Å²) in [5.41, 5.74) is 1.71. The monoisotopic (exact) mass is 317 g/mol. The molecule has 0 radical (unpaired) electrons. The van der Waals surface area contributed by atoms with E-state index < -0.39 is 0 Å². The van der Waals surface area contributed by atoms with Crippen LogP contribution in [0.1, 0.15) is 18.4 Å². The number of ether oxygens (including phenoxy) is 1. The molecule has 124 valence electrons.